The molecule has 0 bridgehead atoms. The van der Waals surface area contributed by atoms with Gasteiger partial charge in [0.05, 0.1) is 36.5 Å². The molecule has 42 heavy (non-hydrogen) atoms. The molecule has 10 nitrogen and oxygen atoms in total. The number of aromatic nitrogens is 4. The van der Waals surface area contributed by atoms with Crippen molar-refractivity contribution in [2.75, 3.05) is 12.0 Å². The highest BCUT2D eigenvalue weighted by Crippen LogP contribution is 2.43. The first-order chi connectivity index (χ1) is 20.1. The molecule has 0 saturated carbocycles. The lowest BCUT2D eigenvalue weighted by atomic mass is 9.90. The van der Waals surface area contributed by atoms with Gasteiger partial charge in [-0.2, -0.15) is 18.4 Å². The van der Waals surface area contributed by atoms with Crippen LogP contribution >= 0.6 is 0 Å². The topological polar surface area (TPSA) is 128 Å². The summed E-state index contributed by atoms with van der Waals surface area (Å²) in [6.07, 6.45) is -1.16. The molecule has 4 aromatic rings. The predicted molar refractivity (Wildman–Crippen MR) is 142 cm³/mol. The van der Waals surface area contributed by atoms with Crippen molar-refractivity contribution in [3.05, 3.63) is 117 Å². The number of ether oxygens (including phenoxy) is 1. The Morgan fingerprint density at radius 1 is 1.21 bits per heavy atom. The van der Waals surface area contributed by atoms with Gasteiger partial charge in [-0.05, 0) is 48.9 Å². The second-order valence-corrected chi connectivity index (χ2v) is 9.54. The van der Waals surface area contributed by atoms with E-state index in [1.54, 1.807) is 47.3 Å². The van der Waals surface area contributed by atoms with E-state index in [4.69, 9.17) is 4.74 Å². The average Bonchev–Trinajstić information content (AvgIpc) is 3.36. The van der Waals surface area contributed by atoms with E-state index in [-0.39, 0.29) is 36.1 Å². The molecule has 13 heteroatoms. The normalized spacial score (nSPS) is 14.9. The smallest absolute Gasteiger partial charge is 0.416 e. The second-order valence-electron chi connectivity index (χ2n) is 9.54. The zero-order valence-corrected chi connectivity index (χ0v) is 22.4. The van der Waals surface area contributed by atoms with Crippen molar-refractivity contribution in [2.24, 2.45) is 0 Å². The highest BCUT2D eigenvalue weighted by atomic mass is 19.4. The van der Waals surface area contributed by atoms with Crippen molar-refractivity contribution in [1.82, 2.24) is 14.8 Å². The van der Waals surface area contributed by atoms with E-state index in [2.05, 4.69) is 16.3 Å². The van der Waals surface area contributed by atoms with Gasteiger partial charge in [0.25, 0.3) is 0 Å². The molecule has 1 aliphatic heterocycles. The summed E-state index contributed by atoms with van der Waals surface area (Å²) in [6, 6.07) is 13.7. The third-order valence-corrected chi connectivity index (χ3v) is 7.00. The molecule has 2 N–H and O–H groups in total. The number of anilines is 2. The third-order valence-electron chi connectivity index (χ3n) is 7.00. The number of nitriles is 1. The van der Waals surface area contributed by atoms with E-state index in [0.717, 1.165) is 19.2 Å². The first-order valence-electron chi connectivity index (χ1n) is 12.6. The number of fused-ring (bicyclic) bond motifs is 1. The number of hydrogen-bond donors (Lipinski definition) is 2. The van der Waals surface area contributed by atoms with E-state index in [1.807, 2.05) is 0 Å². The van der Waals surface area contributed by atoms with Gasteiger partial charge in [0.1, 0.15) is 6.04 Å². The van der Waals surface area contributed by atoms with Crippen molar-refractivity contribution in [2.45, 2.75) is 32.3 Å². The first-order valence-corrected chi connectivity index (χ1v) is 12.6. The van der Waals surface area contributed by atoms with Gasteiger partial charge >= 0.3 is 17.8 Å². The fourth-order valence-electron chi connectivity index (χ4n) is 5.12. The first kappa shape index (κ1) is 28.3. The summed E-state index contributed by atoms with van der Waals surface area (Å²) in [5, 5.41) is 25.7. The number of aromatic amines is 1. The number of aliphatic hydroxyl groups is 1. The van der Waals surface area contributed by atoms with Crippen LogP contribution in [0.5, 0.6) is 0 Å². The molecule has 1 unspecified atom stereocenters. The van der Waals surface area contributed by atoms with Crippen LogP contribution in [0.2, 0.25) is 0 Å². The van der Waals surface area contributed by atoms with Crippen molar-refractivity contribution in [3.63, 3.8) is 0 Å². The number of pyridine rings is 1. The maximum Gasteiger partial charge on any atom is 0.416 e. The predicted octanol–water partition coefficient (Wildman–Crippen LogP) is 3.48. The molecule has 1 atom stereocenters. The number of halogens is 3. The molecule has 2 aromatic carbocycles. The summed E-state index contributed by atoms with van der Waals surface area (Å²) >= 11 is 0. The monoisotopic (exact) mass is 577 g/mol. The molecule has 0 fully saturated rings. The van der Waals surface area contributed by atoms with Crippen LogP contribution in [0.15, 0.2) is 83.1 Å². The summed E-state index contributed by atoms with van der Waals surface area (Å²) in [5.41, 5.74) is 0.580. The van der Waals surface area contributed by atoms with Gasteiger partial charge in [-0.1, -0.05) is 12.1 Å². The van der Waals surface area contributed by atoms with Crippen LogP contribution < -0.4 is 15.2 Å². The Bertz CT molecular complexity index is 1820. The van der Waals surface area contributed by atoms with Gasteiger partial charge in [-0.25, -0.2) is 23.8 Å². The summed E-state index contributed by atoms with van der Waals surface area (Å²) in [5.74, 6) is -0.849. The summed E-state index contributed by atoms with van der Waals surface area (Å²) < 4.78 is 48.8. The molecule has 0 amide bonds. The molecule has 3 heterocycles. The minimum atomic E-state index is -4.63. The van der Waals surface area contributed by atoms with Gasteiger partial charge in [0.2, 0.25) is 5.95 Å². The molecule has 0 saturated heterocycles. The number of H-pyrrole nitrogens is 1. The summed E-state index contributed by atoms with van der Waals surface area (Å²) in [7, 11) is 1.16. The SMILES string of the molecule is COC(=O)C1=C(C)N(c2cccc(C(F)(F)F)c2)c2n[nH]c(=O)n2C1c1ccc(C#N)cc1C[n+]1cccc(CO)c1. The standard InChI is InChI=1S/C29H23F3N6O4/c1-17-24(26(40)42-2)25(23-9-8-18(13-33)11-20(23)15-36-10-4-5-19(14-36)16-39)38-27(34-35-28(38)41)37(17)22-7-3-6-21(12-22)29(30,31)32/h3-12,14,25,39H,15-16H2,1-2H3/p+1. The van der Waals surface area contributed by atoms with Crippen LogP contribution in [-0.4, -0.2) is 33.0 Å². The number of nitrogens with one attached hydrogen (secondary N) is 1. The minimum Gasteiger partial charge on any atom is -0.466 e. The maximum atomic E-state index is 13.6. The zero-order valence-electron chi connectivity index (χ0n) is 22.4. The Kier molecular flexibility index (Phi) is 7.40. The van der Waals surface area contributed by atoms with E-state index in [0.29, 0.717) is 22.3 Å². The molecule has 1 aliphatic rings. The quantitative estimate of drug-likeness (QED) is 0.265. The maximum absolute atomic E-state index is 13.6. The zero-order chi connectivity index (χ0) is 30.2. The van der Waals surface area contributed by atoms with Crippen LogP contribution in [0.1, 0.15) is 40.8 Å². The molecular weight excluding hydrogens is 553 g/mol. The number of carbonyl (C=O) groups is 1. The fraction of sp³-hybridized carbons (Fsp3) is 0.207. The third kappa shape index (κ3) is 5.04. The lowest BCUT2D eigenvalue weighted by molar-refractivity contribution is -0.688. The number of esters is 1. The summed E-state index contributed by atoms with van der Waals surface area (Å²) in [6.45, 7) is 1.54. The van der Waals surface area contributed by atoms with Crippen LogP contribution in [0, 0.1) is 11.3 Å². The van der Waals surface area contributed by atoms with Crippen molar-refractivity contribution >= 4 is 17.6 Å². The lowest BCUT2D eigenvalue weighted by Crippen LogP contribution is -2.39. The van der Waals surface area contributed by atoms with Gasteiger partial charge < -0.3 is 9.84 Å². The Morgan fingerprint density at radius 2 is 2.00 bits per heavy atom. The average molecular weight is 578 g/mol. The highest BCUT2D eigenvalue weighted by molar-refractivity contribution is 5.93. The Hall–Kier alpha value is -5.22. The number of methoxy groups -OCH3 is 1. The van der Waals surface area contributed by atoms with Crippen LogP contribution in [0.25, 0.3) is 0 Å². The van der Waals surface area contributed by atoms with Gasteiger partial charge in [0, 0.05) is 28.6 Å². The number of aliphatic hydroxyl groups excluding tert-OH is 1. The van der Waals surface area contributed by atoms with Crippen molar-refractivity contribution in [1.29, 1.82) is 5.26 Å². The van der Waals surface area contributed by atoms with E-state index in [9.17, 15) is 33.1 Å². The lowest BCUT2D eigenvalue weighted by Gasteiger charge is -2.36. The van der Waals surface area contributed by atoms with Crippen molar-refractivity contribution in [3.8, 4) is 6.07 Å². The number of alkyl halides is 3. The molecule has 214 valence electrons. The minimum absolute atomic E-state index is 0.00835. The number of hydrogen-bond acceptors (Lipinski definition) is 7. The molecule has 5 rings (SSSR count). The van der Waals surface area contributed by atoms with Gasteiger partial charge in [-0.3, -0.25) is 4.90 Å². The van der Waals surface area contributed by atoms with Crippen molar-refractivity contribution < 1.29 is 32.4 Å². The number of rotatable bonds is 6. The van der Waals surface area contributed by atoms with E-state index < -0.39 is 29.4 Å². The van der Waals surface area contributed by atoms with Gasteiger partial charge in [-0.15, -0.1) is 5.10 Å². The Labute approximate surface area is 237 Å². The van der Waals surface area contributed by atoms with Crippen LogP contribution in [-0.2, 0) is 28.9 Å². The van der Waals surface area contributed by atoms with E-state index >= 15 is 0 Å². The van der Waals surface area contributed by atoms with E-state index in [1.165, 1.54) is 28.5 Å². The number of carbonyl (C=O) groups excluding carboxylic acids is 1. The summed E-state index contributed by atoms with van der Waals surface area (Å²) in [4.78, 5) is 27.9. The molecule has 0 spiro atoms. The van der Waals surface area contributed by atoms with Crippen LogP contribution in [0.3, 0.4) is 0 Å². The number of benzene rings is 2. The molecule has 0 radical (unpaired) electrons. The number of allylic oxidation sites excluding steroid dienone is 1. The Morgan fingerprint density at radius 3 is 2.69 bits per heavy atom. The fourth-order valence-corrected chi connectivity index (χ4v) is 5.12. The van der Waals surface area contributed by atoms with Gasteiger partial charge in [0.15, 0.2) is 18.9 Å². The highest BCUT2D eigenvalue weighted by Gasteiger charge is 2.41. The molecule has 2 aromatic heterocycles. The van der Waals surface area contributed by atoms with Crippen LogP contribution in [0.4, 0.5) is 24.8 Å². The largest absolute Gasteiger partial charge is 0.466 e. The number of nitrogens with zero attached hydrogens (tertiary/aromatic N) is 5. The Balaban J connectivity index is 1.76. The molecule has 0 aliphatic carbocycles. The molecular formula is C29H24F3N6O4+. The second kappa shape index (κ2) is 11.0.